The minimum absolute atomic E-state index is 0.185. The number of nitrogens with zero attached hydrogens (tertiary/aromatic N) is 2. The first-order valence-electron chi connectivity index (χ1n) is 8.67. The minimum Gasteiger partial charge on any atom is -0.508 e. The topological polar surface area (TPSA) is 56.6 Å². The van der Waals surface area contributed by atoms with Crippen molar-refractivity contribution < 1.29 is 10.2 Å². The van der Waals surface area contributed by atoms with Crippen LogP contribution in [-0.2, 0) is 0 Å². The van der Waals surface area contributed by atoms with Gasteiger partial charge in [0.15, 0.2) is 0 Å². The molecule has 0 saturated carbocycles. The first-order valence-corrected chi connectivity index (χ1v) is 8.67. The number of piperidine rings is 3. The van der Waals surface area contributed by atoms with Crippen LogP contribution in [-0.4, -0.2) is 39.2 Å². The molecule has 3 saturated heterocycles. The van der Waals surface area contributed by atoms with Crippen molar-refractivity contribution in [1.29, 1.82) is 0 Å². The largest absolute Gasteiger partial charge is 0.508 e. The van der Waals surface area contributed by atoms with Crippen molar-refractivity contribution in [1.82, 2.24) is 9.88 Å². The molecule has 23 heavy (non-hydrogen) atoms. The molecule has 2 N–H and O–H groups in total. The summed E-state index contributed by atoms with van der Waals surface area (Å²) in [4.78, 5) is 6.81. The van der Waals surface area contributed by atoms with E-state index < -0.39 is 6.10 Å². The lowest BCUT2D eigenvalue weighted by Crippen LogP contribution is -2.55. The van der Waals surface area contributed by atoms with E-state index in [1.54, 1.807) is 24.4 Å². The predicted molar refractivity (Wildman–Crippen MR) is 90.2 cm³/mol. The minimum atomic E-state index is -0.525. The van der Waals surface area contributed by atoms with Crippen molar-refractivity contribution >= 4 is 10.9 Å². The van der Waals surface area contributed by atoms with Crippen LogP contribution in [0.1, 0.15) is 37.9 Å². The average Bonchev–Trinajstić information content (AvgIpc) is 2.60. The molecule has 3 aliphatic heterocycles. The van der Waals surface area contributed by atoms with E-state index in [0.29, 0.717) is 0 Å². The van der Waals surface area contributed by atoms with Gasteiger partial charge in [-0.3, -0.25) is 9.88 Å². The Morgan fingerprint density at radius 2 is 2.22 bits per heavy atom. The summed E-state index contributed by atoms with van der Waals surface area (Å²) in [6, 6.07) is 7.24. The van der Waals surface area contributed by atoms with Crippen molar-refractivity contribution in [3.8, 4) is 5.75 Å². The van der Waals surface area contributed by atoms with E-state index in [2.05, 4.69) is 16.8 Å². The summed E-state index contributed by atoms with van der Waals surface area (Å²) in [5, 5.41) is 21.7. The van der Waals surface area contributed by atoms with Gasteiger partial charge in [-0.05, 0) is 61.1 Å². The Hall–Kier alpha value is -1.65. The van der Waals surface area contributed by atoms with Crippen LogP contribution in [0, 0.1) is 11.8 Å². The van der Waals surface area contributed by atoms with Gasteiger partial charge in [-0.1, -0.05) is 13.3 Å². The molecule has 4 heterocycles. The number of benzene rings is 1. The molecule has 0 aliphatic carbocycles. The number of pyridine rings is 1. The van der Waals surface area contributed by atoms with Crippen LogP contribution < -0.4 is 0 Å². The quantitative estimate of drug-likeness (QED) is 0.914. The van der Waals surface area contributed by atoms with Crippen LogP contribution in [0.5, 0.6) is 5.75 Å². The van der Waals surface area contributed by atoms with Crippen LogP contribution in [0.15, 0.2) is 30.5 Å². The Kier molecular flexibility index (Phi) is 3.74. The van der Waals surface area contributed by atoms with Gasteiger partial charge in [0.25, 0.3) is 0 Å². The zero-order chi connectivity index (χ0) is 16.0. The number of phenols is 1. The third kappa shape index (κ3) is 2.50. The molecule has 5 atom stereocenters. The number of rotatable bonds is 3. The van der Waals surface area contributed by atoms with Crippen molar-refractivity contribution in [3.05, 3.63) is 36.0 Å². The Morgan fingerprint density at radius 1 is 1.35 bits per heavy atom. The molecule has 0 spiro atoms. The highest BCUT2D eigenvalue weighted by atomic mass is 16.3. The van der Waals surface area contributed by atoms with Crippen LogP contribution in [0.25, 0.3) is 10.9 Å². The molecule has 5 rings (SSSR count). The van der Waals surface area contributed by atoms with E-state index >= 15 is 0 Å². The van der Waals surface area contributed by atoms with Crippen molar-refractivity contribution in [2.24, 2.45) is 11.8 Å². The summed E-state index contributed by atoms with van der Waals surface area (Å²) < 4.78 is 0. The van der Waals surface area contributed by atoms with E-state index in [1.807, 2.05) is 6.07 Å². The standard InChI is InChI=1S/C19H24N2O2/c1-2-12-11-21-8-6-13(12)9-18(21)19(23)15-5-7-20-17-4-3-14(22)10-16(15)17/h3-5,7,10,12-13,18-19,22-23H,2,6,8-9,11H2,1H3/t12-,13+,18-,19+/m0/s1. The third-order valence-corrected chi connectivity index (χ3v) is 5.90. The molecule has 0 amide bonds. The van der Waals surface area contributed by atoms with Gasteiger partial charge in [0.2, 0.25) is 0 Å². The summed E-state index contributed by atoms with van der Waals surface area (Å²) in [7, 11) is 0. The van der Waals surface area contributed by atoms with Gasteiger partial charge >= 0.3 is 0 Å². The highest BCUT2D eigenvalue weighted by Gasteiger charge is 2.42. The first-order chi connectivity index (χ1) is 11.2. The summed E-state index contributed by atoms with van der Waals surface area (Å²) in [5.74, 6) is 1.74. The van der Waals surface area contributed by atoms with Gasteiger partial charge in [-0.2, -0.15) is 0 Å². The number of hydrogen-bond donors (Lipinski definition) is 2. The lowest BCUT2D eigenvalue weighted by Gasteiger charge is -2.51. The van der Waals surface area contributed by atoms with Crippen molar-refractivity contribution in [3.63, 3.8) is 0 Å². The second-order valence-electron chi connectivity index (χ2n) is 7.06. The Labute approximate surface area is 136 Å². The number of hydrogen-bond acceptors (Lipinski definition) is 4. The molecule has 4 nitrogen and oxygen atoms in total. The SMILES string of the molecule is CC[C@H]1CN2CC[C@@H]1C[C@H]2[C@H](O)c1ccnc2ccc(O)cc12. The highest BCUT2D eigenvalue weighted by molar-refractivity contribution is 5.83. The van der Waals surface area contributed by atoms with E-state index in [-0.39, 0.29) is 11.8 Å². The number of aromatic hydroxyl groups is 1. The van der Waals surface area contributed by atoms with Gasteiger partial charge in [0.05, 0.1) is 11.6 Å². The fourth-order valence-electron chi connectivity index (χ4n) is 4.59. The summed E-state index contributed by atoms with van der Waals surface area (Å²) >= 11 is 0. The fraction of sp³-hybridized carbons (Fsp3) is 0.526. The molecule has 4 heteroatoms. The molecule has 3 aliphatic rings. The van der Waals surface area contributed by atoms with Crippen molar-refractivity contribution in [2.75, 3.05) is 13.1 Å². The molecule has 2 aromatic rings. The van der Waals surface area contributed by atoms with Crippen LogP contribution in [0.4, 0.5) is 0 Å². The number of phenolic OH excluding ortho intramolecular Hbond substituents is 1. The van der Waals surface area contributed by atoms with E-state index in [0.717, 1.165) is 47.8 Å². The van der Waals surface area contributed by atoms with Gasteiger partial charge in [0.1, 0.15) is 5.75 Å². The summed E-state index contributed by atoms with van der Waals surface area (Å²) in [6.45, 7) is 4.48. The molecule has 0 radical (unpaired) electrons. The van der Waals surface area contributed by atoms with Crippen LogP contribution >= 0.6 is 0 Å². The van der Waals surface area contributed by atoms with Gasteiger partial charge in [-0.15, -0.1) is 0 Å². The Morgan fingerprint density at radius 3 is 2.96 bits per heavy atom. The van der Waals surface area contributed by atoms with Crippen LogP contribution in [0.2, 0.25) is 0 Å². The van der Waals surface area contributed by atoms with Crippen molar-refractivity contribution in [2.45, 2.75) is 38.3 Å². The lowest BCUT2D eigenvalue weighted by molar-refractivity contribution is -0.0562. The maximum absolute atomic E-state index is 11.1. The zero-order valence-electron chi connectivity index (χ0n) is 13.5. The molecule has 1 aromatic carbocycles. The predicted octanol–water partition coefficient (Wildman–Crippen LogP) is 3.09. The van der Waals surface area contributed by atoms with Crippen LogP contribution in [0.3, 0.4) is 0 Å². The molecule has 1 unspecified atom stereocenters. The maximum Gasteiger partial charge on any atom is 0.116 e. The molecule has 2 bridgehead atoms. The average molecular weight is 312 g/mol. The van der Waals surface area contributed by atoms with Gasteiger partial charge in [-0.25, -0.2) is 0 Å². The number of aromatic nitrogens is 1. The van der Waals surface area contributed by atoms with Gasteiger partial charge in [0, 0.05) is 24.2 Å². The fourth-order valence-corrected chi connectivity index (χ4v) is 4.59. The number of fused-ring (bicyclic) bond motifs is 4. The zero-order valence-corrected chi connectivity index (χ0v) is 13.5. The highest BCUT2D eigenvalue weighted by Crippen LogP contribution is 2.42. The monoisotopic (exact) mass is 312 g/mol. The second-order valence-corrected chi connectivity index (χ2v) is 7.06. The summed E-state index contributed by atoms with van der Waals surface area (Å²) in [5.41, 5.74) is 1.71. The molecular weight excluding hydrogens is 288 g/mol. The molecule has 122 valence electrons. The van der Waals surface area contributed by atoms with E-state index in [4.69, 9.17) is 0 Å². The second kappa shape index (κ2) is 5.77. The number of aliphatic hydroxyl groups is 1. The first kappa shape index (κ1) is 14.9. The van der Waals surface area contributed by atoms with E-state index in [1.165, 1.54) is 12.8 Å². The molecular formula is C19H24N2O2. The van der Waals surface area contributed by atoms with Gasteiger partial charge < -0.3 is 10.2 Å². The third-order valence-electron chi connectivity index (χ3n) is 5.90. The molecule has 1 aromatic heterocycles. The Bertz CT molecular complexity index is 718. The Balaban J connectivity index is 1.68. The lowest BCUT2D eigenvalue weighted by atomic mass is 9.72. The maximum atomic E-state index is 11.1. The summed E-state index contributed by atoms with van der Waals surface area (Å²) in [6.07, 6.45) is 4.80. The number of aliphatic hydroxyl groups excluding tert-OH is 1. The molecule has 3 fully saturated rings. The normalized spacial score (nSPS) is 31.4. The van der Waals surface area contributed by atoms with E-state index in [9.17, 15) is 10.2 Å². The smallest absolute Gasteiger partial charge is 0.116 e.